The predicted molar refractivity (Wildman–Crippen MR) is 120 cm³/mol. The van der Waals surface area contributed by atoms with E-state index in [1.807, 2.05) is 69.0 Å². The average molecular weight is 421 g/mol. The van der Waals surface area contributed by atoms with Gasteiger partial charge >= 0.3 is 5.97 Å². The second-order valence-corrected chi connectivity index (χ2v) is 9.12. The van der Waals surface area contributed by atoms with Crippen molar-refractivity contribution >= 4 is 17.4 Å². The van der Waals surface area contributed by atoms with Gasteiger partial charge < -0.3 is 15.0 Å². The molecule has 31 heavy (non-hydrogen) atoms. The summed E-state index contributed by atoms with van der Waals surface area (Å²) in [5.41, 5.74) is 0.311. The van der Waals surface area contributed by atoms with Gasteiger partial charge in [0.15, 0.2) is 5.54 Å². The Hall–Kier alpha value is -3.19. The van der Waals surface area contributed by atoms with Gasteiger partial charge in [0.25, 0.3) is 5.56 Å². The maximum absolute atomic E-state index is 13.6. The van der Waals surface area contributed by atoms with Crippen LogP contribution in [0.15, 0.2) is 59.5 Å². The van der Waals surface area contributed by atoms with E-state index in [0.717, 1.165) is 5.56 Å². The Labute approximate surface area is 181 Å². The predicted octanol–water partition coefficient (Wildman–Crippen LogP) is 3.08. The summed E-state index contributed by atoms with van der Waals surface area (Å²) in [4.78, 5) is 33.6. The lowest BCUT2D eigenvalue weighted by molar-refractivity contribution is -0.147. The lowest BCUT2D eigenvalue weighted by Gasteiger charge is -2.40. The minimum absolute atomic E-state index is 0.187. The van der Waals surface area contributed by atoms with Crippen molar-refractivity contribution in [3.63, 3.8) is 0 Å². The number of pyridine rings is 1. The van der Waals surface area contributed by atoms with Crippen LogP contribution in [-0.2, 0) is 16.1 Å². The molecule has 1 N–H and O–H groups in total. The molecule has 0 saturated heterocycles. The Morgan fingerprint density at radius 1 is 1.16 bits per heavy atom. The van der Waals surface area contributed by atoms with Crippen LogP contribution in [0.3, 0.4) is 0 Å². The zero-order valence-electron chi connectivity index (χ0n) is 18.5. The molecule has 2 aromatic heterocycles. The maximum Gasteiger partial charge on any atom is 0.333 e. The largest absolute Gasteiger partial charge is 0.467 e. The minimum Gasteiger partial charge on any atom is -0.467 e. The monoisotopic (exact) mass is 420 g/mol. The fraction of sp³-hybridized carbons (Fsp3) is 0.375. The Bertz CT molecular complexity index is 1180. The molecule has 0 amide bonds. The number of methoxy groups -OCH3 is 1. The van der Waals surface area contributed by atoms with Gasteiger partial charge in [0, 0.05) is 18.3 Å². The summed E-state index contributed by atoms with van der Waals surface area (Å²) < 4.78 is 6.79. The van der Waals surface area contributed by atoms with E-state index in [2.05, 4.69) is 5.32 Å². The molecule has 7 nitrogen and oxygen atoms in total. The molecule has 3 aromatic rings. The van der Waals surface area contributed by atoms with Crippen molar-refractivity contribution in [1.29, 1.82) is 0 Å². The lowest BCUT2D eigenvalue weighted by Crippen LogP contribution is -2.59. The van der Waals surface area contributed by atoms with Crippen molar-refractivity contribution in [2.45, 2.75) is 51.4 Å². The van der Waals surface area contributed by atoms with Crippen molar-refractivity contribution in [3.8, 4) is 0 Å². The summed E-state index contributed by atoms with van der Waals surface area (Å²) in [6.45, 7) is 8.27. The molecular formula is C24H28N4O3. The number of nitrogens with zero attached hydrogens (tertiary/aromatic N) is 3. The molecule has 0 spiro atoms. The highest BCUT2D eigenvalue weighted by atomic mass is 16.5. The first-order valence-electron chi connectivity index (χ1n) is 10.4. The molecule has 0 saturated carbocycles. The Morgan fingerprint density at radius 3 is 2.48 bits per heavy atom. The minimum atomic E-state index is -1.16. The molecule has 0 radical (unpaired) electrons. The molecule has 1 aliphatic heterocycles. The molecule has 1 aromatic carbocycles. The third-order valence-electron chi connectivity index (χ3n) is 5.78. The molecule has 162 valence electrons. The first kappa shape index (κ1) is 21.1. The molecule has 3 heterocycles. The molecule has 0 fully saturated rings. The molecule has 2 atom stereocenters. The molecular weight excluding hydrogens is 392 g/mol. The van der Waals surface area contributed by atoms with E-state index >= 15 is 0 Å². The van der Waals surface area contributed by atoms with Crippen LogP contribution in [0.5, 0.6) is 0 Å². The number of benzene rings is 1. The molecule has 1 aliphatic rings. The third kappa shape index (κ3) is 3.49. The van der Waals surface area contributed by atoms with E-state index in [4.69, 9.17) is 9.72 Å². The number of ether oxygens (including phenoxy) is 1. The first-order valence-corrected chi connectivity index (χ1v) is 10.4. The molecule has 0 aliphatic carbocycles. The van der Waals surface area contributed by atoms with Gasteiger partial charge in [-0.05, 0) is 45.4 Å². The quantitative estimate of drug-likeness (QED) is 0.654. The standard InChI is InChI=1S/C24H28N4O3/c1-23(2,3)26-19-18-20(25-17-13-9-10-14-27(17)21(18)29)28(24(19,4)22(30)31-5)15-16-11-7-6-8-12-16/h6-14,19,26H,15H2,1-5H3/t19-,24+/m1/s1. The second-order valence-electron chi connectivity index (χ2n) is 9.12. The Balaban J connectivity index is 2.01. The van der Waals surface area contributed by atoms with Crippen molar-refractivity contribution in [2.75, 3.05) is 12.0 Å². The molecule has 0 unspecified atom stereocenters. The smallest absolute Gasteiger partial charge is 0.333 e. The highest BCUT2D eigenvalue weighted by molar-refractivity contribution is 5.89. The maximum atomic E-state index is 13.6. The SMILES string of the molecule is COC(=O)[C@]1(C)[C@H](NC(C)(C)C)c2c(nc3ccccn3c2=O)N1Cc1ccccc1. The van der Waals surface area contributed by atoms with Crippen LogP contribution in [0.2, 0.25) is 0 Å². The highest BCUT2D eigenvalue weighted by Gasteiger charge is 2.57. The number of fused-ring (bicyclic) bond motifs is 2. The average Bonchev–Trinajstić information content (AvgIpc) is 2.96. The van der Waals surface area contributed by atoms with Crippen molar-refractivity contribution in [1.82, 2.24) is 14.7 Å². The van der Waals surface area contributed by atoms with Crippen molar-refractivity contribution in [2.24, 2.45) is 0 Å². The van der Waals surface area contributed by atoms with Gasteiger partial charge in [-0.15, -0.1) is 0 Å². The van der Waals surface area contributed by atoms with Crippen LogP contribution in [0, 0.1) is 0 Å². The number of nitrogens with one attached hydrogen (secondary N) is 1. The zero-order valence-corrected chi connectivity index (χ0v) is 18.5. The second kappa shape index (κ2) is 7.50. The summed E-state index contributed by atoms with van der Waals surface area (Å²) in [7, 11) is 1.38. The van der Waals surface area contributed by atoms with Crippen LogP contribution < -0.4 is 15.8 Å². The van der Waals surface area contributed by atoms with Gasteiger partial charge in [0.05, 0.1) is 18.7 Å². The summed E-state index contributed by atoms with van der Waals surface area (Å²) in [6, 6.07) is 14.7. The Kier molecular flexibility index (Phi) is 5.09. The topological polar surface area (TPSA) is 75.9 Å². The van der Waals surface area contributed by atoms with E-state index in [1.165, 1.54) is 11.5 Å². The van der Waals surface area contributed by atoms with E-state index in [9.17, 15) is 9.59 Å². The number of esters is 1. The number of carbonyl (C=O) groups excluding carboxylic acids is 1. The zero-order chi connectivity index (χ0) is 22.4. The molecule has 7 heteroatoms. The van der Waals surface area contributed by atoms with E-state index in [1.54, 1.807) is 18.3 Å². The van der Waals surface area contributed by atoms with Gasteiger partial charge in [0.2, 0.25) is 0 Å². The van der Waals surface area contributed by atoms with E-state index in [-0.39, 0.29) is 11.1 Å². The summed E-state index contributed by atoms with van der Waals surface area (Å²) in [5, 5.41) is 3.51. The van der Waals surface area contributed by atoms with Crippen LogP contribution in [0.1, 0.15) is 44.9 Å². The fourth-order valence-electron chi connectivity index (χ4n) is 4.29. The normalized spacial score (nSPS) is 20.7. The van der Waals surface area contributed by atoms with Crippen molar-refractivity contribution < 1.29 is 9.53 Å². The van der Waals surface area contributed by atoms with Gasteiger partial charge in [0.1, 0.15) is 11.5 Å². The van der Waals surface area contributed by atoms with Gasteiger partial charge in [-0.3, -0.25) is 9.20 Å². The first-order chi connectivity index (χ1) is 14.7. The summed E-state index contributed by atoms with van der Waals surface area (Å²) in [5.74, 6) is 0.0892. The molecule has 4 rings (SSSR count). The van der Waals surface area contributed by atoms with E-state index < -0.39 is 17.6 Å². The van der Waals surface area contributed by atoms with Gasteiger partial charge in [-0.2, -0.15) is 0 Å². The van der Waals surface area contributed by atoms with Crippen LogP contribution in [0.4, 0.5) is 5.82 Å². The fourth-order valence-corrected chi connectivity index (χ4v) is 4.29. The van der Waals surface area contributed by atoms with Crippen LogP contribution in [0.25, 0.3) is 5.65 Å². The summed E-state index contributed by atoms with van der Waals surface area (Å²) in [6.07, 6.45) is 1.70. The number of rotatable bonds is 4. The number of carbonyl (C=O) groups is 1. The van der Waals surface area contributed by atoms with Gasteiger partial charge in [-0.1, -0.05) is 36.4 Å². The number of anilines is 1. The van der Waals surface area contributed by atoms with E-state index in [0.29, 0.717) is 23.6 Å². The van der Waals surface area contributed by atoms with Crippen LogP contribution >= 0.6 is 0 Å². The number of hydrogen-bond acceptors (Lipinski definition) is 6. The number of hydrogen-bond donors (Lipinski definition) is 1. The number of aromatic nitrogens is 2. The van der Waals surface area contributed by atoms with Crippen molar-refractivity contribution in [3.05, 3.63) is 76.2 Å². The Morgan fingerprint density at radius 2 is 1.84 bits per heavy atom. The molecule has 0 bridgehead atoms. The third-order valence-corrected chi connectivity index (χ3v) is 5.78. The highest BCUT2D eigenvalue weighted by Crippen LogP contribution is 2.46. The van der Waals surface area contributed by atoms with Crippen LogP contribution in [-0.4, -0.2) is 33.5 Å². The lowest BCUT2D eigenvalue weighted by atomic mass is 9.88. The summed E-state index contributed by atoms with van der Waals surface area (Å²) >= 11 is 0. The van der Waals surface area contributed by atoms with Gasteiger partial charge in [-0.25, -0.2) is 9.78 Å².